The van der Waals surface area contributed by atoms with Gasteiger partial charge in [-0.05, 0) is 48.5 Å². The summed E-state index contributed by atoms with van der Waals surface area (Å²) < 4.78 is 39.5. The van der Waals surface area contributed by atoms with Crippen molar-refractivity contribution in [1.82, 2.24) is 9.55 Å². The van der Waals surface area contributed by atoms with E-state index in [9.17, 15) is 17.6 Å². The van der Waals surface area contributed by atoms with Crippen LogP contribution in [0.1, 0.15) is 10.4 Å². The normalized spacial score (nSPS) is 11.6. The van der Waals surface area contributed by atoms with Crippen LogP contribution in [0.2, 0.25) is 0 Å². The maximum absolute atomic E-state index is 13.8. The lowest BCUT2D eigenvalue weighted by Gasteiger charge is -2.10. The number of anilines is 1. The monoisotopic (exact) mass is 415 g/mol. The predicted molar refractivity (Wildman–Crippen MR) is 106 cm³/mol. The number of benzene rings is 2. The third-order valence-electron chi connectivity index (χ3n) is 4.09. The van der Waals surface area contributed by atoms with Crippen molar-refractivity contribution in [3.8, 4) is 5.69 Å². The van der Waals surface area contributed by atoms with Crippen LogP contribution in [0.4, 0.5) is 9.52 Å². The van der Waals surface area contributed by atoms with Gasteiger partial charge in [-0.25, -0.2) is 17.8 Å². The van der Waals surface area contributed by atoms with Crippen LogP contribution < -0.4 is 5.32 Å². The molecule has 9 heteroatoms. The summed E-state index contributed by atoms with van der Waals surface area (Å²) in [6.07, 6.45) is 4.65. The summed E-state index contributed by atoms with van der Waals surface area (Å²) in [5, 5.41) is 2.97. The van der Waals surface area contributed by atoms with Gasteiger partial charge in [-0.2, -0.15) is 0 Å². The van der Waals surface area contributed by atoms with Crippen molar-refractivity contribution < 1.29 is 17.6 Å². The first-order valence-electron chi connectivity index (χ1n) is 8.16. The second-order valence-corrected chi connectivity index (χ2v) is 9.17. The van der Waals surface area contributed by atoms with E-state index in [1.165, 1.54) is 30.3 Å². The molecule has 1 amide bonds. The van der Waals surface area contributed by atoms with Crippen molar-refractivity contribution in [3.63, 3.8) is 0 Å². The van der Waals surface area contributed by atoms with E-state index in [0.717, 1.165) is 17.6 Å². The van der Waals surface area contributed by atoms with Crippen LogP contribution in [0.5, 0.6) is 0 Å². The van der Waals surface area contributed by atoms with Gasteiger partial charge in [0.05, 0.1) is 26.4 Å². The number of nitrogens with zero attached hydrogens (tertiary/aromatic N) is 2. The molecule has 2 aromatic heterocycles. The number of sulfone groups is 1. The molecule has 0 spiro atoms. The largest absolute Gasteiger partial charge is 0.323 e. The van der Waals surface area contributed by atoms with Gasteiger partial charge in [0.2, 0.25) is 0 Å². The Labute approximate surface area is 164 Å². The van der Waals surface area contributed by atoms with Crippen LogP contribution in [0, 0.1) is 5.82 Å². The molecule has 6 nitrogen and oxygen atoms in total. The van der Waals surface area contributed by atoms with Gasteiger partial charge in [0.1, 0.15) is 5.82 Å². The van der Waals surface area contributed by atoms with E-state index in [-0.39, 0.29) is 10.5 Å². The number of halogens is 1. The Morgan fingerprint density at radius 1 is 1.14 bits per heavy atom. The van der Waals surface area contributed by atoms with Crippen molar-refractivity contribution in [1.29, 1.82) is 0 Å². The summed E-state index contributed by atoms with van der Waals surface area (Å²) in [7, 11) is -3.34. The maximum Gasteiger partial charge on any atom is 0.259 e. The van der Waals surface area contributed by atoms with Crippen molar-refractivity contribution in [2.24, 2.45) is 0 Å². The van der Waals surface area contributed by atoms with Crippen LogP contribution in [-0.4, -0.2) is 30.1 Å². The lowest BCUT2D eigenvalue weighted by Crippen LogP contribution is -2.15. The molecule has 1 N–H and O–H groups in total. The molecule has 0 atom stereocenters. The smallest absolute Gasteiger partial charge is 0.259 e. The Morgan fingerprint density at radius 3 is 2.61 bits per heavy atom. The first-order chi connectivity index (χ1) is 13.3. The van der Waals surface area contributed by atoms with Crippen LogP contribution in [0.25, 0.3) is 15.9 Å². The zero-order valence-electron chi connectivity index (χ0n) is 14.6. The quantitative estimate of drug-likeness (QED) is 0.548. The summed E-state index contributed by atoms with van der Waals surface area (Å²) in [6.45, 7) is 0. The zero-order valence-corrected chi connectivity index (χ0v) is 16.2. The van der Waals surface area contributed by atoms with Gasteiger partial charge in [0.15, 0.2) is 15.0 Å². The van der Waals surface area contributed by atoms with Crippen LogP contribution in [-0.2, 0) is 9.84 Å². The fourth-order valence-electron chi connectivity index (χ4n) is 2.76. The minimum absolute atomic E-state index is 0.160. The van der Waals surface area contributed by atoms with Gasteiger partial charge in [0.25, 0.3) is 5.91 Å². The Morgan fingerprint density at radius 2 is 1.89 bits per heavy atom. The van der Waals surface area contributed by atoms with E-state index in [0.29, 0.717) is 21.0 Å². The molecule has 0 saturated carbocycles. The van der Waals surface area contributed by atoms with Crippen LogP contribution >= 0.6 is 11.3 Å². The van der Waals surface area contributed by atoms with Crippen LogP contribution in [0.15, 0.2) is 65.8 Å². The number of aromatic nitrogens is 2. The van der Waals surface area contributed by atoms with E-state index in [4.69, 9.17) is 0 Å². The minimum Gasteiger partial charge on any atom is -0.323 e. The molecule has 0 aliphatic heterocycles. The molecular formula is C19H14FN3O3S2. The number of nitrogens with one attached hydrogen (secondary N) is 1. The number of carbonyl (C=O) groups is 1. The summed E-state index contributed by atoms with van der Waals surface area (Å²) in [4.78, 5) is 17.3. The highest BCUT2D eigenvalue weighted by molar-refractivity contribution is 7.90. The van der Waals surface area contributed by atoms with Crippen molar-refractivity contribution in [2.45, 2.75) is 4.90 Å². The summed E-state index contributed by atoms with van der Waals surface area (Å²) in [6, 6.07) is 12.2. The third-order valence-corrected chi connectivity index (χ3v) is 6.14. The number of fused-ring (bicyclic) bond motifs is 1. The van der Waals surface area contributed by atoms with Crippen molar-refractivity contribution >= 4 is 42.4 Å². The van der Waals surface area contributed by atoms with Gasteiger partial charge in [-0.15, -0.1) is 0 Å². The number of rotatable bonds is 4. The lowest BCUT2D eigenvalue weighted by atomic mass is 10.1. The molecule has 2 aromatic carbocycles. The van der Waals surface area contributed by atoms with Crippen LogP contribution in [0.3, 0.4) is 0 Å². The summed E-state index contributed by atoms with van der Waals surface area (Å²) in [5.74, 6) is -1.03. The standard InChI is InChI=1S/C19H14FN3O3S2/c1-28(25,26)13-5-6-15-17(11-13)27-19(21-15)22-18(24)14-10-12(20)4-7-16(14)23-8-2-3-9-23/h2-11H,1H3,(H,21,22,24). The highest BCUT2D eigenvalue weighted by Crippen LogP contribution is 2.29. The second-order valence-electron chi connectivity index (χ2n) is 6.13. The number of hydrogen-bond acceptors (Lipinski definition) is 5. The minimum atomic E-state index is -3.34. The lowest BCUT2D eigenvalue weighted by molar-refractivity contribution is 0.102. The number of thiazole rings is 1. The predicted octanol–water partition coefficient (Wildman–Crippen LogP) is 3.88. The van der Waals surface area contributed by atoms with Gasteiger partial charge in [-0.3, -0.25) is 10.1 Å². The number of carbonyl (C=O) groups excluding carboxylic acids is 1. The fourth-order valence-corrected chi connectivity index (χ4v) is 4.39. The molecule has 0 aliphatic carbocycles. The molecule has 4 aromatic rings. The van der Waals surface area contributed by atoms with E-state index in [1.54, 1.807) is 35.2 Å². The maximum atomic E-state index is 13.8. The summed E-state index contributed by atoms with van der Waals surface area (Å²) in [5.41, 5.74) is 1.26. The van der Waals surface area contributed by atoms with E-state index in [1.807, 2.05) is 0 Å². The average molecular weight is 415 g/mol. The molecule has 4 rings (SSSR count). The van der Waals surface area contributed by atoms with Gasteiger partial charge >= 0.3 is 0 Å². The molecule has 142 valence electrons. The molecule has 0 fully saturated rings. The molecule has 2 heterocycles. The Kier molecular flexibility index (Phi) is 4.48. The second kappa shape index (κ2) is 6.84. The van der Waals surface area contributed by atoms with Gasteiger partial charge < -0.3 is 4.57 Å². The SMILES string of the molecule is CS(=O)(=O)c1ccc2nc(NC(=O)c3cc(F)ccc3-n3cccc3)sc2c1. The van der Waals surface area contributed by atoms with E-state index < -0.39 is 21.6 Å². The first kappa shape index (κ1) is 18.3. The fraction of sp³-hybridized carbons (Fsp3) is 0.0526. The molecule has 28 heavy (non-hydrogen) atoms. The van der Waals surface area contributed by atoms with Crippen molar-refractivity contribution in [3.05, 3.63) is 72.3 Å². The molecule has 0 saturated heterocycles. The van der Waals surface area contributed by atoms with E-state index in [2.05, 4.69) is 10.3 Å². The van der Waals surface area contributed by atoms with Crippen molar-refractivity contribution in [2.75, 3.05) is 11.6 Å². The summed E-state index contributed by atoms with van der Waals surface area (Å²) >= 11 is 1.15. The van der Waals surface area contributed by atoms with E-state index >= 15 is 0 Å². The Hall–Kier alpha value is -3.04. The highest BCUT2D eigenvalue weighted by atomic mass is 32.2. The molecular weight excluding hydrogens is 401 g/mol. The molecule has 0 aliphatic rings. The molecule has 0 bridgehead atoms. The topological polar surface area (TPSA) is 81.1 Å². The molecule has 0 unspecified atom stereocenters. The Balaban J connectivity index is 1.68. The van der Waals surface area contributed by atoms with Gasteiger partial charge in [-0.1, -0.05) is 11.3 Å². The zero-order chi connectivity index (χ0) is 19.9. The van der Waals surface area contributed by atoms with Gasteiger partial charge in [0, 0.05) is 18.6 Å². The highest BCUT2D eigenvalue weighted by Gasteiger charge is 2.17. The number of amides is 1. The average Bonchev–Trinajstić information content (AvgIpc) is 3.29. The molecule has 0 radical (unpaired) electrons. The third kappa shape index (κ3) is 3.54. The first-order valence-corrected chi connectivity index (χ1v) is 10.9. The Bertz CT molecular complexity index is 1300. The number of hydrogen-bond donors (Lipinski definition) is 1.